The molecule has 1 aromatic heterocycles. The summed E-state index contributed by atoms with van der Waals surface area (Å²) in [5, 5.41) is 0.843. The molecule has 2 aromatic carbocycles. The fourth-order valence-corrected chi connectivity index (χ4v) is 4.45. The molecule has 0 bridgehead atoms. The van der Waals surface area contributed by atoms with Gasteiger partial charge in [0.2, 0.25) is 0 Å². The molecule has 1 saturated heterocycles. The minimum Gasteiger partial charge on any atom is -0.368 e. The molecule has 0 atom stereocenters. The molecule has 5 nitrogen and oxygen atoms in total. The molecule has 3 aromatic rings. The first-order valence-electron chi connectivity index (χ1n) is 9.49. The number of nitrogens with zero attached hydrogens (tertiary/aromatic N) is 4. The third-order valence-corrected chi connectivity index (χ3v) is 6.32. The van der Waals surface area contributed by atoms with E-state index < -0.39 is 0 Å². The van der Waals surface area contributed by atoms with Gasteiger partial charge in [0.1, 0.15) is 4.88 Å². The Hall–Kier alpha value is -2.86. The van der Waals surface area contributed by atoms with Crippen molar-refractivity contribution in [2.24, 2.45) is 0 Å². The van der Waals surface area contributed by atoms with Crippen LogP contribution in [-0.2, 0) is 0 Å². The predicted molar refractivity (Wildman–Crippen MR) is 116 cm³/mol. The molecule has 0 aliphatic carbocycles. The zero-order valence-electron chi connectivity index (χ0n) is 16.2. The van der Waals surface area contributed by atoms with Crippen molar-refractivity contribution in [1.82, 2.24) is 9.88 Å². The molecule has 2 heterocycles. The van der Waals surface area contributed by atoms with E-state index in [4.69, 9.17) is 0 Å². The number of anilines is 3. The average Bonchev–Trinajstić information content (AvgIpc) is 3.15. The van der Waals surface area contributed by atoms with Gasteiger partial charge >= 0.3 is 0 Å². The van der Waals surface area contributed by atoms with Gasteiger partial charge in [-0.2, -0.15) is 0 Å². The van der Waals surface area contributed by atoms with Crippen molar-refractivity contribution in [1.29, 1.82) is 0 Å². The fourth-order valence-electron chi connectivity index (χ4n) is 3.44. The Balaban J connectivity index is 1.45. The third-order valence-electron chi connectivity index (χ3n) is 5.10. The van der Waals surface area contributed by atoms with Crippen LogP contribution in [-0.4, -0.2) is 49.0 Å². The topological polar surface area (TPSA) is 39.7 Å². The Kier molecular flexibility index (Phi) is 5.30. The van der Waals surface area contributed by atoms with E-state index in [0.29, 0.717) is 0 Å². The second kappa shape index (κ2) is 8.02. The molecule has 1 fully saturated rings. The molecule has 1 aliphatic heterocycles. The molecular formula is C22H24N4OS. The van der Waals surface area contributed by atoms with E-state index in [1.807, 2.05) is 60.2 Å². The lowest BCUT2D eigenvalue weighted by molar-refractivity contribution is 0.0750. The Morgan fingerprint density at radius 1 is 0.964 bits per heavy atom. The lowest BCUT2D eigenvalue weighted by atomic mass is 10.2. The van der Waals surface area contributed by atoms with Crippen molar-refractivity contribution in [3.8, 4) is 0 Å². The summed E-state index contributed by atoms with van der Waals surface area (Å²) in [5.41, 5.74) is 3.08. The molecule has 144 valence electrons. The number of para-hydroxylation sites is 2. The van der Waals surface area contributed by atoms with E-state index in [2.05, 4.69) is 34.1 Å². The van der Waals surface area contributed by atoms with Crippen LogP contribution in [0.1, 0.15) is 15.4 Å². The summed E-state index contributed by atoms with van der Waals surface area (Å²) in [7, 11) is 1.99. The molecule has 6 heteroatoms. The van der Waals surface area contributed by atoms with Gasteiger partial charge in [-0.1, -0.05) is 47.7 Å². The molecular weight excluding hydrogens is 368 g/mol. The Morgan fingerprint density at radius 2 is 1.57 bits per heavy atom. The quantitative estimate of drug-likeness (QED) is 0.668. The standard InChI is InChI=1S/C22H24N4OS/c1-17-20(28-22(23-17)24(2)18-9-5-3-6-10-18)21(27)26-15-13-25(14-16-26)19-11-7-4-8-12-19/h3-12H,13-16H2,1-2H3. The highest BCUT2D eigenvalue weighted by Gasteiger charge is 2.26. The largest absolute Gasteiger partial charge is 0.368 e. The SMILES string of the molecule is Cc1nc(N(C)c2ccccc2)sc1C(=O)N1CCN(c2ccccc2)CC1. The highest BCUT2D eigenvalue weighted by atomic mass is 32.1. The maximum absolute atomic E-state index is 13.1. The lowest BCUT2D eigenvalue weighted by Crippen LogP contribution is -2.48. The number of piperazine rings is 1. The van der Waals surface area contributed by atoms with Gasteiger partial charge in [0.15, 0.2) is 5.13 Å². The van der Waals surface area contributed by atoms with Crippen molar-refractivity contribution < 1.29 is 4.79 Å². The van der Waals surface area contributed by atoms with Crippen molar-refractivity contribution in [2.75, 3.05) is 43.0 Å². The summed E-state index contributed by atoms with van der Waals surface area (Å²) in [5.74, 6) is 0.0930. The maximum atomic E-state index is 13.1. The lowest BCUT2D eigenvalue weighted by Gasteiger charge is -2.36. The summed E-state index contributed by atoms with van der Waals surface area (Å²) in [4.78, 5) is 24.8. The summed E-state index contributed by atoms with van der Waals surface area (Å²) in [6.45, 7) is 5.09. The van der Waals surface area contributed by atoms with E-state index >= 15 is 0 Å². The number of aryl methyl sites for hydroxylation is 1. The van der Waals surface area contributed by atoms with E-state index in [9.17, 15) is 4.79 Å². The summed E-state index contributed by atoms with van der Waals surface area (Å²) in [6, 6.07) is 20.5. The molecule has 28 heavy (non-hydrogen) atoms. The number of hydrogen-bond acceptors (Lipinski definition) is 5. The van der Waals surface area contributed by atoms with Gasteiger partial charge in [-0.3, -0.25) is 4.79 Å². The van der Waals surface area contributed by atoms with Gasteiger partial charge in [0.25, 0.3) is 5.91 Å². The molecule has 0 spiro atoms. The molecule has 4 rings (SSSR count). The molecule has 0 N–H and O–H groups in total. The number of thiazole rings is 1. The number of carbonyl (C=O) groups excluding carboxylic acids is 1. The molecule has 1 amide bonds. The first-order valence-corrected chi connectivity index (χ1v) is 10.3. The molecule has 0 radical (unpaired) electrons. The summed E-state index contributed by atoms with van der Waals surface area (Å²) < 4.78 is 0. The van der Waals surface area contributed by atoms with Crippen LogP contribution in [0.4, 0.5) is 16.5 Å². The number of hydrogen-bond donors (Lipinski definition) is 0. The van der Waals surface area contributed by atoms with Crippen LogP contribution in [0.5, 0.6) is 0 Å². The zero-order valence-corrected chi connectivity index (χ0v) is 17.0. The summed E-state index contributed by atoms with van der Waals surface area (Å²) in [6.07, 6.45) is 0. The van der Waals surface area contributed by atoms with Crippen LogP contribution in [0.2, 0.25) is 0 Å². The number of benzene rings is 2. The van der Waals surface area contributed by atoms with E-state index in [1.165, 1.54) is 17.0 Å². The molecule has 0 unspecified atom stereocenters. The van der Waals surface area contributed by atoms with Crippen LogP contribution in [0, 0.1) is 6.92 Å². The predicted octanol–water partition coefficient (Wildman–Crippen LogP) is 4.18. The average molecular weight is 393 g/mol. The number of rotatable bonds is 4. The highest BCUT2D eigenvalue weighted by molar-refractivity contribution is 7.17. The van der Waals surface area contributed by atoms with Crippen LogP contribution < -0.4 is 9.80 Å². The van der Waals surface area contributed by atoms with Gasteiger partial charge in [0, 0.05) is 44.6 Å². The van der Waals surface area contributed by atoms with Crippen molar-refractivity contribution in [2.45, 2.75) is 6.92 Å². The fraction of sp³-hybridized carbons (Fsp3) is 0.273. The Labute approximate surface area is 169 Å². The van der Waals surface area contributed by atoms with Gasteiger partial charge in [0.05, 0.1) is 5.69 Å². The van der Waals surface area contributed by atoms with Crippen molar-refractivity contribution in [3.05, 3.63) is 71.2 Å². The first-order chi connectivity index (χ1) is 13.6. The van der Waals surface area contributed by atoms with Crippen LogP contribution in [0.3, 0.4) is 0 Å². The second-order valence-corrected chi connectivity index (χ2v) is 7.90. The normalized spacial score (nSPS) is 14.2. The maximum Gasteiger partial charge on any atom is 0.266 e. The van der Waals surface area contributed by atoms with Crippen molar-refractivity contribution in [3.63, 3.8) is 0 Å². The van der Waals surface area contributed by atoms with Gasteiger partial charge in [-0.25, -0.2) is 4.98 Å². The Bertz CT molecular complexity index is 934. The van der Waals surface area contributed by atoms with E-state index in [0.717, 1.165) is 47.6 Å². The molecule has 1 aliphatic rings. The number of aromatic nitrogens is 1. The third kappa shape index (κ3) is 3.73. The van der Waals surface area contributed by atoms with Gasteiger partial charge in [-0.05, 0) is 31.2 Å². The molecule has 0 saturated carbocycles. The minimum absolute atomic E-state index is 0.0930. The smallest absolute Gasteiger partial charge is 0.266 e. The van der Waals surface area contributed by atoms with E-state index in [-0.39, 0.29) is 5.91 Å². The number of carbonyl (C=O) groups is 1. The monoisotopic (exact) mass is 392 g/mol. The van der Waals surface area contributed by atoms with Gasteiger partial charge < -0.3 is 14.7 Å². The second-order valence-electron chi connectivity index (χ2n) is 6.92. The van der Waals surface area contributed by atoms with Gasteiger partial charge in [-0.15, -0.1) is 0 Å². The first kappa shape index (κ1) is 18.5. The minimum atomic E-state index is 0.0930. The van der Waals surface area contributed by atoms with Crippen LogP contribution >= 0.6 is 11.3 Å². The van der Waals surface area contributed by atoms with E-state index in [1.54, 1.807) is 0 Å². The van der Waals surface area contributed by atoms with Crippen LogP contribution in [0.25, 0.3) is 0 Å². The zero-order chi connectivity index (χ0) is 19.5. The highest BCUT2D eigenvalue weighted by Crippen LogP contribution is 2.31. The van der Waals surface area contributed by atoms with Crippen molar-refractivity contribution >= 4 is 33.8 Å². The number of amides is 1. The van der Waals surface area contributed by atoms with Crippen LogP contribution in [0.15, 0.2) is 60.7 Å². The Morgan fingerprint density at radius 3 is 2.21 bits per heavy atom. The summed E-state index contributed by atoms with van der Waals surface area (Å²) >= 11 is 1.47.